The van der Waals surface area contributed by atoms with Crippen molar-refractivity contribution in [1.29, 1.82) is 0 Å². The van der Waals surface area contributed by atoms with Crippen LogP contribution in [0.1, 0.15) is 39.1 Å². The summed E-state index contributed by atoms with van der Waals surface area (Å²) in [7, 11) is -3.85. The zero-order valence-electron chi connectivity index (χ0n) is 21.5. The van der Waals surface area contributed by atoms with Gasteiger partial charge in [0.25, 0.3) is 0 Å². The molecule has 11 heteroatoms. The summed E-state index contributed by atoms with van der Waals surface area (Å²) in [5, 5.41) is 4.44. The third-order valence-electron chi connectivity index (χ3n) is 5.76. The summed E-state index contributed by atoms with van der Waals surface area (Å²) in [4.78, 5) is 13.3. The van der Waals surface area contributed by atoms with E-state index in [0.717, 1.165) is 0 Å². The van der Waals surface area contributed by atoms with Crippen molar-refractivity contribution in [2.24, 2.45) is 0 Å². The molecule has 0 saturated heterocycles. The average Bonchev–Trinajstić information content (AvgIpc) is 3.15. The molecule has 0 aliphatic rings. The van der Waals surface area contributed by atoms with Crippen LogP contribution in [0.25, 0.3) is 16.8 Å². The number of hydrogen-bond acceptors (Lipinski definition) is 5. The average molecular weight is 603 g/mol. The first kappa shape index (κ1) is 27.7. The molecule has 0 spiro atoms. The molecule has 8 nitrogen and oxygen atoms in total. The predicted octanol–water partition coefficient (Wildman–Crippen LogP) is 4.87. The summed E-state index contributed by atoms with van der Waals surface area (Å²) < 4.78 is 47.4. The van der Waals surface area contributed by atoms with Gasteiger partial charge >= 0.3 is 5.69 Å². The van der Waals surface area contributed by atoms with Gasteiger partial charge in [0.05, 0.1) is 17.1 Å². The highest BCUT2D eigenvalue weighted by atomic mass is 79.9. The maximum Gasteiger partial charge on any atom is 0.351 e. The zero-order valence-corrected chi connectivity index (χ0v) is 23.9. The number of rotatable bonds is 7. The molecule has 0 bridgehead atoms. The van der Waals surface area contributed by atoms with Gasteiger partial charge in [0, 0.05) is 33.2 Å². The van der Waals surface area contributed by atoms with Crippen LogP contribution < -0.4 is 16.1 Å². The predicted molar refractivity (Wildman–Crippen MR) is 150 cm³/mol. The summed E-state index contributed by atoms with van der Waals surface area (Å²) >= 11 is 3.43. The van der Waals surface area contributed by atoms with Gasteiger partial charge in [0.1, 0.15) is 11.6 Å². The second-order valence-electron chi connectivity index (χ2n) is 9.92. The summed E-state index contributed by atoms with van der Waals surface area (Å²) in [6.07, 6.45) is 0.452. The van der Waals surface area contributed by atoms with Crippen molar-refractivity contribution in [1.82, 2.24) is 19.1 Å². The minimum atomic E-state index is -3.85. The van der Waals surface area contributed by atoms with E-state index in [2.05, 4.69) is 25.8 Å². The second kappa shape index (κ2) is 10.5. The standard InChI is InChI=1S/C27H29BrFN5O3S/c1-5-25-31-34(23-15-19(30)12-13-21(23)28)26(35)33(25)16-18-11-10-17(14-22(18)29)20-8-6-7-9-24(20)38(36,37)32-27(2,3)4/h6-15,32H,5,16,30H2,1-4H3. The van der Waals surface area contributed by atoms with Gasteiger partial charge in [-0.25, -0.2) is 22.3 Å². The Morgan fingerprint density at radius 1 is 1.08 bits per heavy atom. The molecule has 0 fully saturated rings. The van der Waals surface area contributed by atoms with Gasteiger partial charge in [-0.15, -0.1) is 5.10 Å². The normalized spacial score (nSPS) is 12.2. The molecule has 0 saturated carbocycles. The lowest BCUT2D eigenvalue weighted by Gasteiger charge is -2.21. The number of nitrogens with zero attached hydrogens (tertiary/aromatic N) is 3. The van der Waals surface area contributed by atoms with Crippen LogP contribution in [0.2, 0.25) is 0 Å². The topological polar surface area (TPSA) is 112 Å². The Bertz CT molecular complexity index is 1670. The van der Waals surface area contributed by atoms with Crippen molar-refractivity contribution in [3.63, 3.8) is 0 Å². The van der Waals surface area contributed by atoms with Crippen LogP contribution in [0.4, 0.5) is 10.1 Å². The Morgan fingerprint density at radius 3 is 2.45 bits per heavy atom. The van der Waals surface area contributed by atoms with Crippen molar-refractivity contribution in [3.05, 3.63) is 92.8 Å². The number of anilines is 1. The van der Waals surface area contributed by atoms with Crippen LogP contribution in [0.15, 0.2) is 74.8 Å². The Labute approximate surface area is 229 Å². The number of aromatic nitrogens is 3. The van der Waals surface area contributed by atoms with Gasteiger partial charge < -0.3 is 5.73 Å². The molecular weight excluding hydrogens is 573 g/mol. The first-order valence-electron chi connectivity index (χ1n) is 12.0. The Kier molecular flexibility index (Phi) is 7.64. The molecule has 1 aromatic heterocycles. The summed E-state index contributed by atoms with van der Waals surface area (Å²) in [5.74, 6) is -0.0807. The van der Waals surface area contributed by atoms with Crippen molar-refractivity contribution < 1.29 is 12.8 Å². The molecule has 38 heavy (non-hydrogen) atoms. The Morgan fingerprint density at radius 2 is 1.79 bits per heavy atom. The van der Waals surface area contributed by atoms with Crippen molar-refractivity contribution in [2.75, 3.05) is 5.73 Å². The summed E-state index contributed by atoms with van der Waals surface area (Å²) in [6, 6.07) is 16.0. The van der Waals surface area contributed by atoms with Crippen molar-refractivity contribution >= 4 is 31.6 Å². The molecule has 0 radical (unpaired) electrons. The van der Waals surface area contributed by atoms with E-state index in [1.807, 2.05) is 6.92 Å². The lowest BCUT2D eigenvalue weighted by atomic mass is 10.0. The molecule has 0 aliphatic carbocycles. The molecule has 4 rings (SSSR count). The summed E-state index contributed by atoms with van der Waals surface area (Å²) in [6.45, 7) is 7.07. The molecule has 0 unspecified atom stereocenters. The molecule has 0 atom stereocenters. The van der Waals surface area contributed by atoms with E-state index in [4.69, 9.17) is 5.73 Å². The van der Waals surface area contributed by atoms with Gasteiger partial charge in [-0.3, -0.25) is 4.57 Å². The number of nitrogen functional groups attached to an aromatic ring is 1. The molecule has 1 heterocycles. The fourth-order valence-corrected chi connectivity index (χ4v) is 6.18. The largest absolute Gasteiger partial charge is 0.399 e. The highest BCUT2D eigenvalue weighted by Gasteiger charge is 2.25. The van der Waals surface area contributed by atoms with E-state index in [1.54, 1.807) is 69.3 Å². The maximum atomic E-state index is 15.4. The van der Waals surface area contributed by atoms with Crippen LogP contribution >= 0.6 is 15.9 Å². The first-order chi connectivity index (χ1) is 17.8. The van der Waals surface area contributed by atoms with Gasteiger partial charge in [-0.1, -0.05) is 37.3 Å². The summed E-state index contributed by atoms with van der Waals surface area (Å²) in [5.41, 5.74) is 6.80. The number of sulfonamides is 1. The molecule has 200 valence electrons. The second-order valence-corrected chi connectivity index (χ2v) is 12.4. The number of nitrogens with two attached hydrogens (primary N) is 1. The van der Waals surface area contributed by atoms with Gasteiger partial charge in [0.15, 0.2) is 0 Å². The van der Waals surface area contributed by atoms with Crippen LogP contribution in [-0.2, 0) is 23.0 Å². The van der Waals surface area contributed by atoms with E-state index in [-0.39, 0.29) is 17.0 Å². The minimum absolute atomic E-state index is 0.0421. The van der Waals surface area contributed by atoms with Gasteiger partial charge in [-0.05, 0) is 72.6 Å². The van der Waals surface area contributed by atoms with Gasteiger partial charge in [-0.2, -0.15) is 4.68 Å². The van der Waals surface area contributed by atoms with E-state index in [1.165, 1.54) is 21.4 Å². The molecular formula is C27H29BrFN5O3S. The molecule has 3 aromatic carbocycles. The first-order valence-corrected chi connectivity index (χ1v) is 14.2. The molecule has 0 aliphatic heterocycles. The molecule has 4 aromatic rings. The van der Waals surface area contributed by atoms with Crippen LogP contribution in [0, 0.1) is 5.82 Å². The zero-order chi connectivity index (χ0) is 27.8. The molecule has 0 amide bonds. The van der Waals surface area contributed by atoms with Crippen LogP contribution in [0.3, 0.4) is 0 Å². The Hall–Kier alpha value is -3.28. The van der Waals surface area contributed by atoms with E-state index in [0.29, 0.717) is 39.2 Å². The fourth-order valence-electron chi connectivity index (χ4n) is 4.12. The number of nitrogens with one attached hydrogen (secondary N) is 1. The van der Waals surface area contributed by atoms with Crippen molar-refractivity contribution in [3.8, 4) is 16.8 Å². The number of halogens is 2. The smallest absolute Gasteiger partial charge is 0.351 e. The van der Waals surface area contributed by atoms with Gasteiger partial charge in [0.2, 0.25) is 10.0 Å². The lowest BCUT2D eigenvalue weighted by molar-refractivity contribution is 0.491. The fraction of sp³-hybridized carbons (Fsp3) is 0.259. The Balaban J connectivity index is 1.72. The highest BCUT2D eigenvalue weighted by molar-refractivity contribution is 9.10. The van der Waals surface area contributed by atoms with E-state index >= 15 is 4.39 Å². The quantitative estimate of drug-likeness (QED) is 0.293. The number of benzene rings is 3. The maximum absolute atomic E-state index is 15.4. The number of aryl methyl sites for hydroxylation is 1. The SMILES string of the molecule is CCc1nn(-c2cc(N)ccc2Br)c(=O)n1Cc1ccc(-c2ccccc2S(=O)(=O)NC(C)(C)C)cc1F. The van der Waals surface area contributed by atoms with Crippen molar-refractivity contribution in [2.45, 2.75) is 51.1 Å². The molecule has 3 N–H and O–H groups in total. The third kappa shape index (κ3) is 5.74. The third-order valence-corrected chi connectivity index (χ3v) is 8.25. The van der Waals surface area contributed by atoms with E-state index in [9.17, 15) is 13.2 Å². The van der Waals surface area contributed by atoms with Crippen LogP contribution in [0.5, 0.6) is 0 Å². The minimum Gasteiger partial charge on any atom is -0.399 e. The van der Waals surface area contributed by atoms with Crippen LogP contribution in [-0.4, -0.2) is 28.3 Å². The monoisotopic (exact) mass is 601 g/mol. The lowest BCUT2D eigenvalue weighted by Crippen LogP contribution is -2.40. The number of hydrogen-bond donors (Lipinski definition) is 2. The highest BCUT2D eigenvalue weighted by Crippen LogP contribution is 2.30. The van der Waals surface area contributed by atoms with E-state index < -0.39 is 27.1 Å².